The lowest BCUT2D eigenvalue weighted by atomic mass is 10.0. The smallest absolute Gasteiger partial charge is 0.338 e. The Kier molecular flexibility index (Phi) is 5.21. The summed E-state index contributed by atoms with van der Waals surface area (Å²) in [6, 6.07) is 5.56. The van der Waals surface area contributed by atoms with Crippen molar-refractivity contribution in [2.75, 3.05) is 13.7 Å². The quantitative estimate of drug-likeness (QED) is 0.615. The lowest BCUT2D eigenvalue weighted by Crippen LogP contribution is -2.24. The lowest BCUT2D eigenvalue weighted by molar-refractivity contribution is 0.00370. The molecule has 2 aromatic rings. The highest BCUT2D eigenvalue weighted by Gasteiger charge is 2.20. The van der Waals surface area contributed by atoms with Crippen LogP contribution < -0.4 is 0 Å². The predicted molar refractivity (Wildman–Crippen MR) is 100.0 cm³/mol. The molecule has 4 rings (SSSR count). The molecule has 0 amide bonds. The summed E-state index contributed by atoms with van der Waals surface area (Å²) in [5.74, 6) is 6.48. The van der Waals surface area contributed by atoms with Crippen molar-refractivity contribution >= 4 is 5.97 Å². The van der Waals surface area contributed by atoms with Gasteiger partial charge in [0.2, 0.25) is 0 Å². The first-order valence-electron chi connectivity index (χ1n) is 9.49. The van der Waals surface area contributed by atoms with E-state index in [9.17, 15) is 4.79 Å². The second-order valence-electron chi connectivity index (χ2n) is 7.11. The highest BCUT2D eigenvalue weighted by Crippen LogP contribution is 2.28. The normalized spacial score (nSPS) is 19.2. The van der Waals surface area contributed by atoms with Gasteiger partial charge in [0, 0.05) is 23.7 Å². The Morgan fingerprint density at radius 2 is 2.22 bits per heavy atom. The topological polar surface area (TPSA) is 66.2 Å². The first-order valence-corrected chi connectivity index (χ1v) is 9.49. The second kappa shape index (κ2) is 7.93. The van der Waals surface area contributed by atoms with E-state index < -0.39 is 5.97 Å². The van der Waals surface area contributed by atoms with Gasteiger partial charge in [-0.05, 0) is 44.2 Å². The average Bonchev–Trinajstić information content (AvgIpc) is 3.43. The van der Waals surface area contributed by atoms with Crippen LogP contribution in [0.1, 0.15) is 48.0 Å². The Balaban J connectivity index is 1.58. The Morgan fingerprint density at radius 1 is 1.33 bits per heavy atom. The zero-order valence-electron chi connectivity index (χ0n) is 15.5. The number of ether oxygens (including phenoxy) is 2. The van der Waals surface area contributed by atoms with Crippen molar-refractivity contribution in [3.05, 3.63) is 35.5 Å². The van der Waals surface area contributed by atoms with Crippen LogP contribution in [0.3, 0.4) is 0 Å². The van der Waals surface area contributed by atoms with Crippen molar-refractivity contribution in [3.8, 4) is 23.1 Å². The van der Waals surface area contributed by atoms with E-state index in [1.165, 1.54) is 26.4 Å². The first kappa shape index (κ1) is 17.7. The zero-order valence-corrected chi connectivity index (χ0v) is 15.5. The number of methoxy groups -OCH3 is 1. The molecule has 0 bridgehead atoms. The van der Waals surface area contributed by atoms with Gasteiger partial charge in [-0.2, -0.15) is 0 Å². The van der Waals surface area contributed by atoms with Crippen LogP contribution in [0.2, 0.25) is 0 Å². The molecule has 1 saturated carbocycles. The van der Waals surface area contributed by atoms with E-state index in [4.69, 9.17) is 9.47 Å². The lowest BCUT2D eigenvalue weighted by Gasteiger charge is -2.21. The summed E-state index contributed by atoms with van der Waals surface area (Å²) in [6.45, 7) is 1.48. The van der Waals surface area contributed by atoms with E-state index in [1.54, 1.807) is 10.7 Å². The highest BCUT2D eigenvalue weighted by atomic mass is 16.5. The molecule has 2 heterocycles. The maximum absolute atomic E-state index is 12.3. The molecule has 6 heteroatoms. The molecule has 1 aliphatic carbocycles. The van der Waals surface area contributed by atoms with Gasteiger partial charge >= 0.3 is 5.97 Å². The average molecular weight is 365 g/mol. The molecule has 6 nitrogen and oxygen atoms in total. The minimum Gasteiger partial charge on any atom is -0.465 e. The molecular weight excluding hydrogens is 342 g/mol. The Labute approximate surface area is 158 Å². The molecule has 1 unspecified atom stereocenters. The summed E-state index contributed by atoms with van der Waals surface area (Å²) in [5.41, 5.74) is 2.62. The van der Waals surface area contributed by atoms with E-state index in [1.807, 2.05) is 18.3 Å². The van der Waals surface area contributed by atoms with Gasteiger partial charge in [-0.15, -0.1) is 5.10 Å². The van der Waals surface area contributed by atoms with Crippen molar-refractivity contribution < 1.29 is 14.3 Å². The summed E-state index contributed by atoms with van der Waals surface area (Å²) in [4.78, 5) is 12.3. The van der Waals surface area contributed by atoms with Gasteiger partial charge in [-0.1, -0.05) is 23.1 Å². The fourth-order valence-corrected chi connectivity index (χ4v) is 3.21. The molecule has 1 aromatic carbocycles. The number of nitrogens with zero attached hydrogens (tertiary/aromatic N) is 3. The van der Waals surface area contributed by atoms with Crippen LogP contribution in [0.15, 0.2) is 24.4 Å². The SMILES string of the molecule is COC(=O)c1cc(C#CC2CC2)ccc1-c1cn(CC2CCCCO2)nn1. The maximum Gasteiger partial charge on any atom is 0.338 e. The predicted octanol–water partition coefficient (Wildman–Crippen LogP) is 3.06. The summed E-state index contributed by atoms with van der Waals surface area (Å²) >= 11 is 0. The number of benzene rings is 1. The molecule has 1 saturated heterocycles. The minimum atomic E-state index is -0.398. The largest absolute Gasteiger partial charge is 0.465 e. The molecule has 1 atom stereocenters. The third-order valence-electron chi connectivity index (χ3n) is 4.90. The monoisotopic (exact) mass is 365 g/mol. The Morgan fingerprint density at radius 3 is 2.96 bits per heavy atom. The fraction of sp³-hybridized carbons (Fsp3) is 0.476. The highest BCUT2D eigenvalue weighted by molar-refractivity contribution is 5.97. The molecule has 2 aliphatic rings. The van der Waals surface area contributed by atoms with Crippen molar-refractivity contribution in [3.63, 3.8) is 0 Å². The minimum absolute atomic E-state index is 0.174. The molecule has 140 valence electrons. The second-order valence-corrected chi connectivity index (χ2v) is 7.11. The third kappa shape index (κ3) is 4.37. The summed E-state index contributed by atoms with van der Waals surface area (Å²) < 4.78 is 12.5. The van der Waals surface area contributed by atoms with Crippen molar-refractivity contribution in [1.82, 2.24) is 15.0 Å². The van der Waals surface area contributed by atoms with Crippen LogP contribution in [-0.2, 0) is 16.0 Å². The number of rotatable bonds is 4. The van der Waals surface area contributed by atoms with Crippen LogP contribution in [0, 0.1) is 17.8 Å². The van der Waals surface area contributed by atoms with Crippen LogP contribution in [0.5, 0.6) is 0 Å². The standard InChI is InChI=1S/C21H23N3O3/c1-26-21(25)19-12-16(8-7-15-5-6-15)9-10-18(19)20-14-24(23-22-20)13-17-4-2-3-11-27-17/h9-10,12,14-15,17H,2-6,11,13H2,1H3. The summed E-state index contributed by atoms with van der Waals surface area (Å²) in [5, 5.41) is 8.47. The zero-order chi connectivity index (χ0) is 18.6. The number of hydrogen-bond acceptors (Lipinski definition) is 5. The van der Waals surface area contributed by atoms with E-state index in [2.05, 4.69) is 22.2 Å². The number of hydrogen-bond donors (Lipinski definition) is 0. The molecule has 1 aromatic heterocycles. The summed E-state index contributed by atoms with van der Waals surface area (Å²) in [7, 11) is 1.38. The number of carbonyl (C=O) groups is 1. The fourth-order valence-electron chi connectivity index (χ4n) is 3.21. The molecule has 27 heavy (non-hydrogen) atoms. The molecule has 0 N–H and O–H groups in total. The first-order chi connectivity index (χ1) is 13.2. The van der Waals surface area contributed by atoms with Crippen LogP contribution >= 0.6 is 0 Å². The van der Waals surface area contributed by atoms with Crippen LogP contribution in [-0.4, -0.2) is 40.8 Å². The van der Waals surface area contributed by atoms with Gasteiger partial charge in [0.15, 0.2) is 0 Å². The molecule has 2 fully saturated rings. The van der Waals surface area contributed by atoms with Crippen LogP contribution in [0.25, 0.3) is 11.3 Å². The molecular formula is C21H23N3O3. The molecule has 0 radical (unpaired) electrons. The van der Waals surface area contributed by atoms with Gasteiger partial charge in [0.1, 0.15) is 5.69 Å². The Hall–Kier alpha value is -2.65. The van der Waals surface area contributed by atoms with E-state index in [0.29, 0.717) is 29.3 Å². The number of esters is 1. The van der Waals surface area contributed by atoms with E-state index in [-0.39, 0.29) is 6.10 Å². The molecule has 0 spiro atoms. The number of aromatic nitrogens is 3. The van der Waals surface area contributed by atoms with Crippen molar-refractivity contribution in [2.24, 2.45) is 5.92 Å². The Bertz CT molecular complexity index is 884. The van der Waals surface area contributed by atoms with Crippen molar-refractivity contribution in [2.45, 2.75) is 44.8 Å². The van der Waals surface area contributed by atoms with Crippen molar-refractivity contribution in [1.29, 1.82) is 0 Å². The number of carbonyl (C=O) groups excluding carboxylic acids is 1. The van der Waals surface area contributed by atoms with Gasteiger partial charge in [-0.25, -0.2) is 9.48 Å². The van der Waals surface area contributed by atoms with Crippen LogP contribution in [0.4, 0.5) is 0 Å². The molecule has 1 aliphatic heterocycles. The van der Waals surface area contributed by atoms with Gasteiger partial charge in [0.05, 0.1) is 31.5 Å². The van der Waals surface area contributed by atoms with Gasteiger partial charge in [-0.3, -0.25) is 0 Å². The third-order valence-corrected chi connectivity index (χ3v) is 4.90. The van der Waals surface area contributed by atoms with Gasteiger partial charge < -0.3 is 9.47 Å². The van der Waals surface area contributed by atoms with E-state index in [0.717, 1.165) is 25.0 Å². The van der Waals surface area contributed by atoms with Gasteiger partial charge in [0.25, 0.3) is 0 Å². The maximum atomic E-state index is 12.3. The summed E-state index contributed by atoms with van der Waals surface area (Å²) in [6.07, 6.45) is 7.71. The van der Waals surface area contributed by atoms with E-state index >= 15 is 0 Å².